The molecule has 8 nitrogen and oxygen atoms in total. The SMILES string of the molecule is S=C=Nc1nc2c(nc1N=C=S)-c1c(-c3cc(N4c5ccccc5Oc5ccccc54)cc(N4c5ccccc5Oc5ccccc54)c3)ccc3cccc-2c13. The van der Waals surface area contributed by atoms with E-state index in [1.165, 1.54) is 0 Å². The number of anilines is 6. The monoisotopic (exact) mass is 756 g/mol. The summed E-state index contributed by atoms with van der Waals surface area (Å²) in [4.78, 5) is 22.9. The molecule has 0 fully saturated rings. The summed E-state index contributed by atoms with van der Waals surface area (Å²) in [6.45, 7) is 0. The molecule has 0 saturated heterocycles. The number of nitrogens with zero attached hydrogens (tertiary/aromatic N) is 6. The topological polar surface area (TPSA) is 75.4 Å². The van der Waals surface area contributed by atoms with E-state index in [2.05, 4.69) is 96.8 Å². The molecule has 56 heavy (non-hydrogen) atoms. The Balaban J connectivity index is 1.23. The summed E-state index contributed by atoms with van der Waals surface area (Å²) in [5.41, 5.74) is 10.7. The summed E-state index contributed by atoms with van der Waals surface area (Å²) in [7, 11) is 0. The molecule has 1 aromatic heterocycles. The quantitative estimate of drug-likeness (QED) is 0.127. The fourth-order valence-corrected chi connectivity index (χ4v) is 8.23. The predicted octanol–water partition coefficient (Wildman–Crippen LogP) is 13.6. The number of hydrogen-bond donors (Lipinski definition) is 0. The molecule has 7 aromatic carbocycles. The van der Waals surface area contributed by atoms with E-state index in [1.807, 2.05) is 78.9 Å². The number of hydrogen-bond acceptors (Lipinski definition) is 10. The standard InChI is InChI=1S/C46H24N6O2S2/c55-25-47-45-46(48-26-56)50-44-42-31(21-20-27-10-9-11-32(41(27)42)43(44)49-45)28-22-29(51-33-12-1-5-16-37(33)53-38-17-6-2-13-34(38)51)24-30(23-28)52-35-14-3-7-18-39(35)54-40-19-8-4-15-36(40)52/h1-24H. The second kappa shape index (κ2) is 12.6. The number of thiocarbonyl (C=S) groups is 2. The molecule has 0 atom stereocenters. The van der Waals surface area contributed by atoms with Crippen molar-refractivity contribution in [2.24, 2.45) is 9.98 Å². The number of ether oxygens (including phenoxy) is 2. The zero-order valence-corrected chi connectivity index (χ0v) is 30.8. The van der Waals surface area contributed by atoms with Crippen LogP contribution in [-0.4, -0.2) is 20.3 Å². The van der Waals surface area contributed by atoms with Crippen LogP contribution in [0.4, 0.5) is 45.8 Å². The Morgan fingerprint density at radius 1 is 0.482 bits per heavy atom. The van der Waals surface area contributed by atoms with Gasteiger partial charge in [-0.1, -0.05) is 78.9 Å². The highest BCUT2D eigenvalue weighted by molar-refractivity contribution is 7.78. The van der Waals surface area contributed by atoms with Crippen molar-refractivity contribution in [2.75, 3.05) is 9.80 Å². The summed E-state index contributed by atoms with van der Waals surface area (Å²) in [5, 5.41) is 6.95. The highest BCUT2D eigenvalue weighted by Crippen LogP contribution is 2.56. The fourth-order valence-electron chi connectivity index (χ4n) is 8.05. The summed E-state index contributed by atoms with van der Waals surface area (Å²) in [5.74, 6) is 3.52. The summed E-state index contributed by atoms with van der Waals surface area (Å²) in [6, 6.07) is 49.7. The molecule has 0 radical (unpaired) electrons. The first-order chi connectivity index (χ1) is 27.7. The fraction of sp³-hybridized carbons (Fsp3) is 0. The van der Waals surface area contributed by atoms with Crippen molar-refractivity contribution in [1.29, 1.82) is 0 Å². The first kappa shape index (κ1) is 32.1. The molecule has 0 unspecified atom stereocenters. The van der Waals surface area contributed by atoms with Gasteiger partial charge in [-0.3, -0.25) is 0 Å². The van der Waals surface area contributed by atoms with Crippen LogP contribution in [0, 0.1) is 0 Å². The molecule has 0 N–H and O–H groups in total. The third-order valence-corrected chi connectivity index (χ3v) is 10.5. The first-order valence-electron chi connectivity index (χ1n) is 17.8. The minimum atomic E-state index is 0.226. The minimum Gasteiger partial charge on any atom is -0.453 e. The van der Waals surface area contributed by atoms with Gasteiger partial charge < -0.3 is 19.3 Å². The lowest BCUT2D eigenvalue weighted by Gasteiger charge is -2.36. The van der Waals surface area contributed by atoms with E-state index in [9.17, 15) is 0 Å². The van der Waals surface area contributed by atoms with Crippen LogP contribution in [0.25, 0.3) is 44.4 Å². The molecular formula is C46H24N6O2S2. The second-order valence-corrected chi connectivity index (χ2v) is 13.7. The van der Waals surface area contributed by atoms with Crippen LogP contribution in [0.1, 0.15) is 0 Å². The zero-order chi connectivity index (χ0) is 37.3. The Bertz CT molecular complexity index is 2890. The van der Waals surface area contributed by atoms with E-state index in [4.69, 9.17) is 43.9 Å². The summed E-state index contributed by atoms with van der Waals surface area (Å²) >= 11 is 9.96. The number of fused-ring (bicyclic) bond motifs is 7. The van der Waals surface area contributed by atoms with Gasteiger partial charge in [0.2, 0.25) is 11.6 Å². The van der Waals surface area contributed by atoms with Gasteiger partial charge in [0.25, 0.3) is 0 Å². The molecule has 10 heteroatoms. The molecule has 1 aliphatic carbocycles. The van der Waals surface area contributed by atoms with Crippen molar-refractivity contribution in [2.45, 2.75) is 0 Å². The zero-order valence-electron chi connectivity index (χ0n) is 29.2. The van der Waals surface area contributed by atoms with Crippen molar-refractivity contribution >= 4 is 91.3 Å². The van der Waals surface area contributed by atoms with Crippen LogP contribution < -0.4 is 19.3 Å². The van der Waals surface area contributed by atoms with Gasteiger partial charge in [-0.05, 0) is 108 Å². The van der Waals surface area contributed by atoms with E-state index < -0.39 is 0 Å². The van der Waals surface area contributed by atoms with Crippen molar-refractivity contribution in [3.8, 4) is 56.6 Å². The molecule has 3 heterocycles. The number of aromatic nitrogens is 2. The van der Waals surface area contributed by atoms with Gasteiger partial charge in [-0.15, -0.1) is 0 Å². The molecule has 11 rings (SSSR count). The maximum Gasteiger partial charge on any atom is 0.209 e. The van der Waals surface area contributed by atoms with E-state index in [-0.39, 0.29) is 11.6 Å². The summed E-state index contributed by atoms with van der Waals surface area (Å²) in [6.07, 6.45) is 0. The molecule has 262 valence electrons. The number of para-hydroxylation sites is 8. The van der Waals surface area contributed by atoms with Crippen molar-refractivity contribution < 1.29 is 9.47 Å². The molecule has 0 saturated carbocycles. The lowest BCUT2D eigenvalue weighted by atomic mass is 9.93. The molecule has 2 aliphatic heterocycles. The maximum atomic E-state index is 6.45. The first-order valence-corrected chi connectivity index (χ1v) is 18.6. The molecule has 3 aliphatic rings. The van der Waals surface area contributed by atoms with Crippen molar-refractivity contribution in [1.82, 2.24) is 9.97 Å². The lowest BCUT2D eigenvalue weighted by Crippen LogP contribution is -2.18. The average molecular weight is 757 g/mol. The number of rotatable bonds is 5. The van der Waals surface area contributed by atoms with E-state index >= 15 is 0 Å². The van der Waals surface area contributed by atoms with Crippen LogP contribution in [-0.2, 0) is 0 Å². The van der Waals surface area contributed by atoms with Gasteiger partial charge in [0.1, 0.15) is 5.69 Å². The van der Waals surface area contributed by atoms with E-state index in [0.29, 0.717) is 11.4 Å². The van der Waals surface area contributed by atoms with Crippen LogP contribution in [0.15, 0.2) is 156 Å². The second-order valence-electron chi connectivity index (χ2n) is 13.3. The normalized spacial score (nSPS) is 12.5. The molecular weight excluding hydrogens is 733 g/mol. The number of aliphatic imine (C=N–C) groups is 2. The third kappa shape index (κ3) is 4.85. The predicted molar refractivity (Wildman–Crippen MR) is 228 cm³/mol. The van der Waals surface area contributed by atoms with Crippen LogP contribution in [0.5, 0.6) is 23.0 Å². The van der Waals surface area contributed by atoms with E-state index in [1.54, 1.807) is 0 Å². The Hall–Kier alpha value is -7.32. The van der Waals surface area contributed by atoms with Gasteiger partial charge >= 0.3 is 0 Å². The summed E-state index contributed by atoms with van der Waals surface area (Å²) < 4.78 is 12.9. The van der Waals surface area contributed by atoms with E-state index in [0.717, 1.165) is 90.1 Å². The minimum absolute atomic E-state index is 0.226. The number of isothiocyanates is 2. The Kier molecular flexibility index (Phi) is 7.25. The van der Waals surface area contributed by atoms with Crippen LogP contribution in [0.2, 0.25) is 0 Å². The Morgan fingerprint density at radius 2 is 0.964 bits per heavy atom. The highest BCUT2D eigenvalue weighted by Gasteiger charge is 2.32. The highest BCUT2D eigenvalue weighted by atomic mass is 32.1. The number of benzene rings is 7. The van der Waals surface area contributed by atoms with Gasteiger partial charge in [0.15, 0.2) is 23.0 Å². The van der Waals surface area contributed by atoms with Crippen molar-refractivity contribution in [3.63, 3.8) is 0 Å². The molecule has 0 amide bonds. The van der Waals surface area contributed by atoms with Gasteiger partial charge in [-0.25, -0.2) is 9.97 Å². The Morgan fingerprint density at radius 3 is 1.46 bits per heavy atom. The van der Waals surface area contributed by atoms with Gasteiger partial charge in [0, 0.05) is 27.9 Å². The van der Waals surface area contributed by atoms with Gasteiger partial charge in [-0.2, -0.15) is 9.98 Å². The van der Waals surface area contributed by atoms with Crippen LogP contribution >= 0.6 is 24.4 Å². The maximum absolute atomic E-state index is 6.45. The average Bonchev–Trinajstić information content (AvgIpc) is 3.56. The van der Waals surface area contributed by atoms with Gasteiger partial charge in [0.05, 0.1) is 38.8 Å². The lowest BCUT2D eigenvalue weighted by molar-refractivity contribution is 0.477. The molecule has 0 spiro atoms. The van der Waals surface area contributed by atoms with Crippen molar-refractivity contribution in [3.05, 3.63) is 146 Å². The Labute approximate surface area is 331 Å². The smallest absolute Gasteiger partial charge is 0.209 e. The largest absolute Gasteiger partial charge is 0.453 e. The third-order valence-electron chi connectivity index (χ3n) is 10.3. The van der Waals surface area contributed by atoms with Crippen LogP contribution in [0.3, 0.4) is 0 Å². The molecule has 0 bridgehead atoms. The molecule has 8 aromatic rings.